The van der Waals surface area contributed by atoms with Crippen LogP contribution in [0.4, 0.5) is 0 Å². The van der Waals surface area contributed by atoms with E-state index in [-0.39, 0.29) is 6.10 Å². The fourth-order valence-electron chi connectivity index (χ4n) is 2.18. The van der Waals surface area contributed by atoms with Crippen LogP contribution in [0.2, 0.25) is 0 Å². The fourth-order valence-corrected chi connectivity index (χ4v) is 2.18. The summed E-state index contributed by atoms with van der Waals surface area (Å²) in [5.74, 6) is 1.77. The van der Waals surface area contributed by atoms with E-state index in [4.69, 9.17) is 9.47 Å². The Morgan fingerprint density at radius 2 is 1.96 bits per heavy atom. The average molecular weight is 335 g/mol. The van der Waals surface area contributed by atoms with Gasteiger partial charge in [-0.1, -0.05) is 18.2 Å². The summed E-state index contributed by atoms with van der Waals surface area (Å²) in [6, 6.07) is 8.06. The maximum atomic E-state index is 5.96. The molecule has 5 heteroatoms. The number of nitrogens with zero attached hydrogens (tertiary/aromatic N) is 1. The highest BCUT2D eigenvalue weighted by molar-refractivity contribution is 5.79. The molecule has 136 valence electrons. The molecule has 1 unspecified atom stereocenters. The molecule has 0 aliphatic heterocycles. The van der Waals surface area contributed by atoms with Crippen molar-refractivity contribution in [2.24, 2.45) is 4.99 Å². The van der Waals surface area contributed by atoms with Crippen molar-refractivity contribution in [2.45, 2.75) is 46.6 Å². The van der Waals surface area contributed by atoms with Gasteiger partial charge in [0, 0.05) is 26.3 Å². The molecule has 0 aliphatic carbocycles. The zero-order valence-corrected chi connectivity index (χ0v) is 15.6. The average Bonchev–Trinajstić information content (AvgIpc) is 2.57. The number of ether oxygens (including phenoxy) is 2. The van der Waals surface area contributed by atoms with Crippen molar-refractivity contribution in [1.82, 2.24) is 10.6 Å². The molecule has 1 atom stereocenters. The van der Waals surface area contributed by atoms with Crippen molar-refractivity contribution in [1.29, 1.82) is 0 Å². The van der Waals surface area contributed by atoms with Crippen LogP contribution in [0.15, 0.2) is 29.3 Å². The minimum absolute atomic E-state index is 0.0273. The topological polar surface area (TPSA) is 54.9 Å². The molecule has 0 amide bonds. The Bertz CT molecular complexity index is 477. The van der Waals surface area contributed by atoms with Crippen LogP contribution in [0.5, 0.6) is 5.75 Å². The second kappa shape index (κ2) is 12.6. The first-order chi connectivity index (χ1) is 11.7. The zero-order chi connectivity index (χ0) is 17.6. The summed E-state index contributed by atoms with van der Waals surface area (Å²) in [4.78, 5) is 4.61. The molecule has 0 aliphatic rings. The van der Waals surface area contributed by atoms with Crippen LogP contribution in [0.1, 0.15) is 39.2 Å². The predicted molar refractivity (Wildman–Crippen MR) is 101 cm³/mol. The molecule has 0 spiro atoms. The quantitative estimate of drug-likeness (QED) is 0.371. The molecule has 0 heterocycles. The number of unbranched alkanes of at least 4 members (excludes halogenated alkanes) is 1. The molecule has 2 N–H and O–H groups in total. The Labute approximate surface area is 146 Å². The smallest absolute Gasteiger partial charge is 0.191 e. The van der Waals surface area contributed by atoms with Crippen LogP contribution >= 0.6 is 0 Å². The van der Waals surface area contributed by atoms with Crippen molar-refractivity contribution >= 4 is 5.96 Å². The number of hydrogen-bond donors (Lipinski definition) is 2. The number of nitrogens with one attached hydrogen (secondary N) is 2. The number of rotatable bonds is 11. The molecule has 0 radical (unpaired) electrons. The van der Waals surface area contributed by atoms with E-state index in [2.05, 4.69) is 35.5 Å². The van der Waals surface area contributed by atoms with Gasteiger partial charge < -0.3 is 20.1 Å². The molecule has 1 aromatic rings. The molecule has 0 fully saturated rings. The number of para-hydroxylation sites is 1. The highest BCUT2D eigenvalue weighted by Gasteiger charge is 2.06. The van der Waals surface area contributed by atoms with E-state index >= 15 is 0 Å². The minimum Gasteiger partial charge on any atom is -0.489 e. The normalized spacial score (nSPS) is 12.8. The molecule has 0 saturated heterocycles. The van der Waals surface area contributed by atoms with Crippen molar-refractivity contribution in [3.05, 3.63) is 29.8 Å². The summed E-state index contributed by atoms with van der Waals surface area (Å²) in [6.45, 7) is 12.2. The van der Waals surface area contributed by atoms with Crippen molar-refractivity contribution in [3.63, 3.8) is 0 Å². The Balaban J connectivity index is 2.36. The maximum Gasteiger partial charge on any atom is 0.191 e. The lowest BCUT2D eigenvalue weighted by Gasteiger charge is -2.16. The Hall–Kier alpha value is -1.75. The minimum atomic E-state index is 0.0273. The van der Waals surface area contributed by atoms with Gasteiger partial charge in [0.2, 0.25) is 0 Å². The van der Waals surface area contributed by atoms with Gasteiger partial charge in [0.05, 0.1) is 6.54 Å². The lowest BCUT2D eigenvalue weighted by molar-refractivity contribution is 0.143. The first-order valence-electron chi connectivity index (χ1n) is 8.99. The van der Waals surface area contributed by atoms with Gasteiger partial charge in [-0.25, -0.2) is 4.99 Å². The highest BCUT2D eigenvalue weighted by Crippen LogP contribution is 2.17. The third-order valence-corrected chi connectivity index (χ3v) is 3.48. The lowest BCUT2D eigenvalue weighted by atomic mass is 10.2. The Morgan fingerprint density at radius 1 is 1.17 bits per heavy atom. The van der Waals surface area contributed by atoms with Crippen LogP contribution in [0, 0.1) is 6.92 Å². The van der Waals surface area contributed by atoms with Gasteiger partial charge in [0.25, 0.3) is 0 Å². The van der Waals surface area contributed by atoms with Gasteiger partial charge >= 0.3 is 0 Å². The summed E-state index contributed by atoms with van der Waals surface area (Å²) in [7, 11) is 0. The number of benzene rings is 1. The monoisotopic (exact) mass is 335 g/mol. The van der Waals surface area contributed by atoms with E-state index in [1.54, 1.807) is 0 Å². The molecule has 0 bridgehead atoms. The molecular formula is C19H33N3O2. The van der Waals surface area contributed by atoms with Crippen LogP contribution in [0.25, 0.3) is 0 Å². The fraction of sp³-hybridized carbons (Fsp3) is 0.632. The van der Waals surface area contributed by atoms with E-state index in [9.17, 15) is 0 Å². The molecule has 0 saturated carbocycles. The molecule has 24 heavy (non-hydrogen) atoms. The number of guanidine groups is 1. The largest absolute Gasteiger partial charge is 0.489 e. The number of aryl methyl sites for hydroxylation is 1. The van der Waals surface area contributed by atoms with E-state index in [1.165, 1.54) is 0 Å². The second-order valence-electron chi connectivity index (χ2n) is 5.74. The first kappa shape index (κ1) is 20.3. The Kier molecular flexibility index (Phi) is 10.7. The predicted octanol–water partition coefficient (Wildman–Crippen LogP) is 3.13. The van der Waals surface area contributed by atoms with Gasteiger partial charge in [-0.2, -0.15) is 0 Å². The first-order valence-corrected chi connectivity index (χ1v) is 8.99. The van der Waals surface area contributed by atoms with E-state index in [0.717, 1.165) is 56.4 Å². The van der Waals surface area contributed by atoms with Gasteiger partial charge in [-0.15, -0.1) is 0 Å². The van der Waals surface area contributed by atoms with Crippen LogP contribution in [-0.2, 0) is 4.74 Å². The highest BCUT2D eigenvalue weighted by atomic mass is 16.5. The Morgan fingerprint density at radius 3 is 2.67 bits per heavy atom. The van der Waals surface area contributed by atoms with Crippen LogP contribution in [-0.4, -0.2) is 44.9 Å². The van der Waals surface area contributed by atoms with E-state index < -0.39 is 0 Å². The molecule has 0 aromatic heterocycles. The number of aliphatic imine (C=N–C) groups is 1. The molecule has 1 aromatic carbocycles. The van der Waals surface area contributed by atoms with Gasteiger partial charge in [0.15, 0.2) is 5.96 Å². The third-order valence-electron chi connectivity index (χ3n) is 3.48. The van der Waals surface area contributed by atoms with Crippen molar-refractivity contribution in [3.8, 4) is 5.75 Å². The maximum absolute atomic E-state index is 5.96. The SMILES string of the molecule is CCNC(=NCC(C)Oc1ccccc1C)NCCCCOCC. The zero-order valence-electron chi connectivity index (χ0n) is 15.6. The van der Waals surface area contributed by atoms with Gasteiger partial charge in [0.1, 0.15) is 11.9 Å². The third kappa shape index (κ3) is 8.77. The lowest BCUT2D eigenvalue weighted by Crippen LogP contribution is -2.38. The molecule has 5 nitrogen and oxygen atoms in total. The molecular weight excluding hydrogens is 302 g/mol. The standard InChI is InChI=1S/C19H33N3O2/c1-5-20-19(21-13-9-10-14-23-6-2)22-15-17(4)24-18-12-8-7-11-16(18)3/h7-8,11-12,17H,5-6,9-10,13-15H2,1-4H3,(H2,20,21,22). The molecule has 1 rings (SSSR count). The summed E-state index contributed by atoms with van der Waals surface area (Å²) >= 11 is 0. The number of hydrogen-bond acceptors (Lipinski definition) is 3. The second-order valence-corrected chi connectivity index (χ2v) is 5.74. The van der Waals surface area contributed by atoms with Gasteiger partial charge in [-0.05, 0) is 52.2 Å². The van der Waals surface area contributed by atoms with E-state index in [0.29, 0.717) is 6.54 Å². The van der Waals surface area contributed by atoms with Crippen LogP contribution in [0.3, 0.4) is 0 Å². The van der Waals surface area contributed by atoms with Gasteiger partial charge in [-0.3, -0.25) is 0 Å². The van der Waals surface area contributed by atoms with Crippen molar-refractivity contribution in [2.75, 3.05) is 32.8 Å². The van der Waals surface area contributed by atoms with Crippen molar-refractivity contribution < 1.29 is 9.47 Å². The summed E-state index contributed by atoms with van der Waals surface area (Å²) in [5.41, 5.74) is 1.15. The van der Waals surface area contributed by atoms with Crippen LogP contribution < -0.4 is 15.4 Å². The van der Waals surface area contributed by atoms with E-state index in [1.807, 2.05) is 32.0 Å². The summed E-state index contributed by atoms with van der Waals surface area (Å²) < 4.78 is 11.3. The summed E-state index contributed by atoms with van der Waals surface area (Å²) in [5, 5.41) is 6.62. The summed E-state index contributed by atoms with van der Waals surface area (Å²) in [6.07, 6.45) is 2.16.